The van der Waals surface area contributed by atoms with Crippen LogP contribution in [0.1, 0.15) is 15.9 Å². The Kier molecular flexibility index (Phi) is 5.46. The minimum Gasteiger partial charge on any atom is -0.497 e. The first-order chi connectivity index (χ1) is 11.2. The minimum absolute atomic E-state index is 0.277. The van der Waals surface area contributed by atoms with E-state index in [1.165, 1.54) is 7.11 Å². The molecule has 1 amide bonds. The third-order valence-corrected chi connectivity index (χ3v) is 3.09. The van der Waals surface area contributed by atoms with E-state index in [1.807, 2.05) is 12.1 Å². The Morgan fingerprint density at radius 3 is 2.70 bits per heavy atom. The number of anilines is 1. The van der Waals surface area contributed by atoms with E-state index >= 15 is 0 Å². The van der Waals surface area contributed by atoms with Crippen LogP contribution in [0.15, 0.2) is 52.7 Å². The highest BCUT2D eigenvalue weighted by molar-refractivity contribution is 6.06. The summed E-state index contributed by atoms with van der Waals surface area (Å²) in [5, 5.41) is 9.94. The van der Waals surface area contributed by atoms with E-state index < -0.39 is 0 Å². The van der Waals surface area contributed by atoms with Gasteiger partial charge in [-0.1, -0.05) is 12.1 Å². The van der Waals surface area contributed by atoms with Gasteiger partial charge in [0.15, 0.2) is 0 Å². The second-order valence-corrected chi connectivity index (χ2v) is 4.53. The van der Waals surface area contributed by atoms with Crippen LogP contribution >= 0.6 is 0 Å². The van der Waals surface area contributed by atoms with Gasteiger partial charge in [-0.15, -0.1) is 0 Å². The molecule has 6 nitrogen and oxygen atoms in total. The van der Waals surface area contributed by atoms with Crippen molar-refractivity contribution in [3.63, 3.8) is 0 Å². The number of methoxy groups -OCH3 is 2. The van der Waals surface area contributed by atoms with Gasteiger partial charge in [0.2, 0.25) is 0 Å². The van der Waals surface area contributed by atoms with Crippen molar-refractivity contribution in [2.45, 2.75) is 0 Å². The van der Waals surface area contributed by atoms with E-state index in [0.717, 1.165) is 5.56 Å². The molecule has 2 rings (SSSR count). The van der Waals surface area contributed by atoms with Crippen LogP contribution < -0.4 is 14.8 Å². The SMILES string of the molecule is C=N/N=C/c1cccc(NC(=O)c2ccc(OC)cc2OC)c1. The first-order valence-corrected chi connectivity index (χ1v) is 6.80. The molecule has 0 spiro atoms. The highest BCUT2D eigenvalue weighted by Crippen LogP contribution is 2.25. The van der Waals surface area contributed by atoms with Gasteiger partial charge in [0, 0.05) is 18.5 Å². The lowest BCUT2D eigenvalue weighted by Gasteiger charge is -2.11. The highest BCUT2D eigenvalue weighted by Gasteiger charge is 2.13. The molecule has 0 aliphatic carbocycles. The number of hydrogen-bond acceptors (Lipinski definition) is 5. The van der Waals surface area contributed by atoms with Crippen molar-refractivity contribution < 1.29 is 14.3 Å². The minimum atomic E-state index is -0.277. The van der Waals surface area contributed by atoms with E-state index in [2.05, 4.69) is 22.2 Å². The van der Waals surface area contributed by atoms with E-state index in [4.69, 9.17) is 9.47 Å². The Bertz CT molecular complexity index is 742. The number of rotatable bonds is 6. The smallest absolute Gasteiger partial charge is 0.259 e. The zero-order chi connectivity index (χ0) is 16.7. The molecule has 0 aromatic heterocycles. The van der Waals surface area contributed by atoms with Gasteiger partial charge in [0.05, 0.1) is 26.0 Å². The number of hydrogen-bond donors (Lipinski definition) is 1. The Morgan fingerprint density at radius 2 is 2.00 bits per heavy atom. The zero-order valence-corrected chi connectivity index (χ0v) is 12.9. The molecule has 0 radical (unpaired) electrons. The number of nitrogens with zero attached hydrogens (tertiary/aromatic N) is 2. The Hall–Kier alpha value is -3.15. The topological polar surface area (TPSA) is 72.3 Å². The summed E-state index contributed by atoms with van der Waals surface area (Å²) in [6.45, 7) is 3.28. The molecule has 0 atom stereocenters. The van der Waals surface area contributed by atoms with Gasteiger partial charge in [-0.25, -0.2) is 0 Å². The number of amides is 1. The molecule has 6 heteroatoms. The third kappa shape index (κ3) is 4.16. The lowest BCUT2D eigenvalue weighted by Crippen LogP contribution is -2.13. The quantitative estimate of drug-likeness (QED) is 0.658. The van der Waals surface area contributed by atoms with Crippen LogP contribution in [0.25, 0.3) is 0 Å². The van der Waals surface area contributed by atoms with Crippen molar-refractivity contribution in [2.24, 2.45) is 10.2 Å². The Balaban J connectivity index is 2.22. The van der Waals surface area contributed by atoms with Crippen LogP contribution in [0.4, 0.5) is 5.69 Å². The summed E-state index contributed by atoms with van der Waals surface area (Å²) in [4.78, 5) is 12.4. The molecule has 0 saturated carbocycles. The third-order valence-electron chi connectivity index (χ3n) is 3.09. The molecule has 0 bridgehead atoms. The summed E-state index contributed by atoms with van der Waals surface area (Å²) < 4.78 is 10.4. The molecule has 0 saturated heterocycles. The second-order valence-electron chi connectivity index (χ2n) is 4.53. The molecule has 1 N–H and O–H groups in total. The fraction of sp³-hybridized carbons (Fsp3) is 0.118. The van der Waals surface area contributed by atoms with E-state index in [9.17, 15) is 4.79 Å². The largest absolute Gasteiger partial charge is 0.497 e. The fourth-order valence-corrected chi connectivity index (χ4v) is 1.99. The summed E-state index contributed by atoms with van der Waals surface area (Å²) in [7, 11) is 3.06. The standard InChI is InChI=1S/C17H17N3O3/c1-18-19-11-12-5-4-6-13(9-12)20-17(21)15-8-7-14(22-2)10-16(15)23-3/h4-11H,1H2,2-3H3,(H,20,21)/b19-11+. The first kappa shape index (κ1) is 16.2. The number of benzene rings is 2. The molecule has 23 heavy (non-hydrogen) atoms. The van der Waals surface area contributed by atoms with Gasteiger partial charge in [0.25, 0.3) is 5.91 Å². The maximum atomic E-state index is 12.4. The van der Waals surface area contributed by atoms with Crippen LogP contribution in [0, 0.1) is 0 Å². The van der Waals surface area contributed by atoms with Crippen LogP contribution in [0.5, 0.6) is 11.5 Å². The zero-order valence-electron chi connectivity index (χ0n) is 12.9. The normalized spacial score (nSPS) is 10.3. The molecule has 2 aromatic rings. The fourth-order valence-electron chi connectivity index (χ4n) is 1.99. The van der Waals surface area contributed by atoms with Crippen molar-refractivity contribution in [2.75, 3.05) is 19.5 Å². The molecule has 0 unspecified atom stereocenters. The van der Waals surface area contributed by atoms with Gasteiger partial charge in [-0.2, -0.15) is 10.2 Å². The maximum absolute atomic E-state index is 12.4. The van der Waals surface area contributed by atoms with Crippen LogP contribution in [0.3, 0.4) is 0 Å². The first-order valence-electron chi connectivity index (χ1n) is 6.80. The summed E-state index contributed by atoms with van der Waals surface area (Å²) >= 11 is 0. The monoisotopic (exact) mass is 311 g/mol. The van der Waals surface area contributed by atoms with E-state index in [-0.39, 0.29) is 5.91 Å². The van der Waals surface area contributed by atoms with Gasteiger partial charge < -0.3 is 14.8 Å². The summed E-state index contributed by atoms with van der Waals surface area (Å²) in [6, 6.07) is 12.2. The average molecular weight is 311 g/mol. The van der Waals surface area contributed by atoms with Crippen LogP contribution in [0.2, 0.25) is 0 Å². The molecular weight excluding hydrogens is 294 g/mol. The Morgan fingerprint density at radius 1 is 1.17 bits per heavy atom. The molecule has 0 heterocycles. The van der Waals surface area contributed by atoms with E-state index in [1.54, 1.807) is 43.7 Å². The lowest BCUT2D eigenvalue weighted by atomic mass is 10.1. The molecule has 0 fully saturated rings. The van der Waals surface area contributed by atoms with Crippen molar-refractivity contribution >= 4 is 24.5 Å². The summed E-state index contributed by atoms with van der Waals surface area (Å²) in [5.74, 6) is 0.782. The van der Waals surface area contributed by atoms with Gasteiger partial charge in [-0.05, 0) is 29.8 Å². The molecule has 0 aliphatic rings. The Labute approximate surface area is 134 Å². The van der Waals surface area contributed by atoms with Gasteiger partial charge in [0.1, 0.15) is 11.5 Å². The van der Waals surface area contributed by atoms with Gasteiger partial charge in [-0.3, -0.25) is 4.79 Å². The molecule has 0 aliphatic heterocycles. The van der Waals surface area contributed by atoms with E-state index in [0.29, 0.717) is 22.7 Å². The number of carbonyl (C=O) groups excluding carboxylic acids is 1. The van der Waals surface area contributed by atoms with Crippen molar-refractivity contribution in [1.29, 1.82) is 0 Å². The summed E-state index contributed by atoms with van der Waals surface area (Å²) in [5.41, 5.74) is 1.86. The average Bonchev–Trinajstić information content (AvgIpc) is 2.59. The summed E-state index contributed by atoms with van der Waals surface area (Å²) in [6.07, 6.45) is 1.55. The predicted molar refractivity (Wildman–Crippen MR) is 91.1 cm³/mol. The highest BCUT2D eigenvalue weighted by atomic mass is 16.5. The molecule has 2 aromatic carbocycles. The predicted octanol–water partition coefficient (Wildman–Crippen LogP) is 2.99. The number of nitrogens with one attached hydrogen (secondary N) is 1. The van der Waals surface area contributed by atoms with Crippen molar-refractivity contribution in [3.05, 3.63) is 53.6 Å². The van der Waals surface area contributed by atoms with Crippen molar-refractivity contribution in [3.8, 4) is 11.5 Å². The second kappa shape index (κ2) is 7.74. The molecule has 118 valence electrons. The number of ether oxygens (including phenoxy) is 2. The van der Waals surface area contributed by atoms with Crippen LogP contribution in [-0.2, 0) is 0 Å². The van der Waals surface area contributed by atoms with Crippen LogP contribution in [-0.4, -0.2) is 33.1 Å². The maximum Gasteiger partial charge on any atom is 0.259 e. The van der Waals surface area contributed by atoms with Gasteiger partial charge >= 0.3 is 0 Å². The number of carbonyl (C=O) groups is 1. The van der Waals surface area contributed by atoms with Crippen molar-refractivity contribution in [1.82, 2.24) is 0 Å². The lowest BCUT2D eigenvalue weighted by molar-refractivity contribution is 0.102. The molecular formula is C17H17N3O3.